The summed E-state index contributed by atoms with van der Waals surface area (Å²) in [5.41, 5.74) is 1.59. The van der Waals surface area contributed by atoms with Crippen molar-refractivity contribution in [3.8, 4) is 11.3 Å². The zero-order chi connectivity index (χ0) is 18.8. The van der Waals surface area contributed by atoms with Gasteiger partial charge in [-0.05, 0) is 32.0 Å². The number of nitrogens with one attached hydrogen (secondary N) is 1. The Balaban J connectivity index is 1.52. The van der Waals surface area contributed by atoms with Gasteiger partial charge in [-0.15, -0.1) is 0 Å². The molecule has 7 nitrogen and oxygen atoms in total. The molecule has 0 spiro atoms. The van der Waals surface area contributed by atoms with Crippen molar-refractivity contribution in [2.24, 2.45) is 0 Å². The van der Waals surface area contributed by atoms with Crippen molar-refractivity contribution in [2.75, 3.05) is 13.1 Å². The molecule has 0 aliphatic carbocycles. The summed E-state index contributed by atoms with van der Waals surface area (Å²) in [5, 5.41) is 11.3. The summed E-state index contributed by atoms with van der Waals surface area (Å²) in [6.45, 7) is 4.10. The van der Waals surface area contributed by atoms with Crippen LogP contribution < -0.4 is 0 Å². The van der Waals surface area contributed by atoms with Crippen molar-refractivity contribution >= 4 is 18.1 Å². The molecule has 1 N–H and O–H groups in total. The molecule has 3 aromatic rings. The van der Waals surface area contributed by atoms with Gasteiger partial charge in [0.05, 0.1) is 0 Å². The topological polar surface area (TPSA) is 79.9 Å². The van der Waals surface area contributed by atoms with Crippen LogP contribution >= 0.6 is 12.2 Å². The monoisotopic (exact) mass is 383 g/mol. The minimum Gasteiger partial charge on any atom is -0.350 e. The molecule has 4 rings (SSSR count). The number of rotatable bonds is 4. The highest BCUT2D eigenvalue weighted by molar-refractivity contribution is 7.71. The van der Waals surface area contributed by atoms with Gasteiger partial charge in [-0.2, -0.15) is 5.10 Å². The second kappa shape index (κ2) is 7.48. The third-order valence-electron chi connectivity index (χ3n) is 4.97. The highest BCUT2D eigenvalue weighted by Crippen LogP contribution is 2.27. The minimum atomic E-state index is -0.133. The second-order valence-electron chi connectivity index (χ2n) is 6.66. The number of carbonyl (C=O) groups is 1. The van der Waals surface area contributed by atoms with E-state index in [1.165, 1.54) is 0 Å². The van der Waals surface area contributed by atoms with Crippen LogP contribution in [-0.2, 0) is 6.54 Å². The van der Waals surface area contributed by atoms with Crippen LogP contribution in [0.4, 0.5) is 0 Å². The van der Waals surface area contributed by atoms with Crippen molar-refractivity contribution in [3.05, 3.63) is 52.8 Å². The van der Waals surface area contributed by atoms with Gasteiger partial charge >= 0.3 is 0 Å². The van der Waals surface area contributed by atoms with Crippen molar-refractivity contribution in [2.45, 2.75) is 32.2 Å². The number of carbonyl (C=O) groups excluding carboxylic acids is 1. The maximum Gasteiger partial charge on any atom is 0.292 e. The molecule has 1 atom stereocenters. The first-order chi connectivity index (χ1) is 13.2. The Morgan fingerprint density at radius 3 is 2.96 bits per heavy atom. The number of aromatic amines is 1. The van der Waals surface area contributed by atoms with E-state index in [1.54, 1.807) is 6.07 Å². The molecule has 2 aromatic heterocycles. The number of aromatic nitrogens is 4. The first-order valence-corrected chi connectivity index (χ1v) is 9.54. The quantitative estimate of drug-likeness (QED) is 0.696. The molecule has 140 valence electrons. The lowest BCUT2D eigenvalue weighted by molar-refractivity contribution is 0.0661. The maximum absolute atomic E-state index is 12.9. The summed E-state index contributed by atoms with van der Waals surface area (Å²) < 4.78 is 7.96. The lowest BCUT2D eigenvalue weighted by Gasteiger charge is -2.31. The first kappa shape index (κ1) is 17.7. The molecule has 8 heteroatoms. The molecular formula is C19H21N5O2S. The van der Waals surface area contributed by atoms with Gasteiger partial charge in [0.25, 0.3) is 5.91 Å². The number of benzene rings is 1. The summed E-state index contributed by atoms with van der Waals surface area (Å²) in [7, 11) is 0. The van der Waals surface area contributed by atoms with Crippen LogP contribution in [0.3, 0.4) is 0 Å². The smallest absolute Gasteiger partial charge is 0.292 e. The van der Waals surface area contributed by atoms with E-state index in [0.717, 1.165) is 30.8 Å². The summed E-state index contributed by atoms with van der Waals surface area (Å²) in [6, 6.07) is 11.4. The average molecular weight is 383 g/mol. The Bertz CT molecular complexity index is 991. The Kier molecular flexibility index (Phi) is 4.89. The molecular weight excluding hydrogens is 362 g/mol. The van der Waals surface area contributed by atoms with Crippen LogP contribution in [0.2, 0.25) is 0 Å². The standard InChI is InChI=1S/C19H21N5O2S/c1-2-24-17(20-21-19(24)27)14-9-6-10-23(12-14)18(25)16-11-15(22-26-16)13-7-4-3-5-8-13/h3-5,7-8,11,14H,2,6,9-10,12H2,1H3,(H,21,27). The highest BCUT2D eigenvalue weighted by atomic mass is 32.1. The van der Waals surface area contributed by atoms with E-state index in [0.29, 0.717) is 23.6 Å². The minimum absolute atomic E-state index is 0.133. The molecule has 1 aliphatic rings. The van der Waals surface area contributed by atoms with Gasteiger partial charge < -0.3 is 14.0 Å². The van der Waals surface area contributed by atoms with E-state index < -0.39 is 0 Å². The SMILES string of the molecule is CCn1c(C2CCCN(C(=O)c3cc(-c4ccccc4)no3)C2)n[nH]c1=S. The Morgan fingerprint density at radius 2 is 2.19 bits per heavy atom. The summed E-state index contributed by atoms with van der Waals surface area (Å²) in [6.07, 6.45) is 1.90. The third-order valence-corrected chi connectivity index (χ3v) is 5.28. The number of H-pyrrole nitrogens is 1. The van der Waals surface area contributed by atoms with Crippen molar-refractivity contribution < 1.29 is 9.32 Å². The number of piperidine rings is 1. The Hall–Kier alpha value is -2.74. The van der Waals surface area contributed by atoms with E-state index in [4.69, 9.17) is 16.7 Å². The maximum atomic E-state index is 12.9. The molecule has 0 bridgehead atoms. The van der Waals surface area contributed by atoms with Gasteiger partial charge in [0.15, 0.2) is 4.77 Å². The molecule has 1 fully saturated rings. The number of amides is 1. The normalized spacial score (nSPS) is 17.2. The molecule has 27 heavy (non-hydrogen) atoms. The van der Waals surface area contributed by atoms with Crippen LogP contribution in [0, 0.1) is 4.77 Å². The van der Waals surface area contributed by atoms with E-state index in [-0.39, 0.29) is 17.6 Å². The van der Waals surface area contributed by atoms with Crippen LogP contribution in [0.15, 0.2) is 40.9 Å². The van der Waals surface area contributed by atoms with Crippen LogP contribution in [-0.4, -0.2) is 43.8 Å². The van der Waals surface area contributed by atoms with E-state index in [1.807, 2.05) is 46.7 Å². The van der Waals surface area contributed by atoms with Gasteiger partial charge in [-0.1, -0.05) is 35.5 Å². The van der Waals surface area contributed by atoms with Crippen LogP contribution in [0.5, 0.6) is 0 Å². The Morgan fingerprint density at radius 1 is 1.37 bits per heavy atom. The van der Waals surface area contributed by atoms with Crippen LogP contribution in [0.1, 0.15) is 42.1 Å². The van der Waals surface area contributed by atoms with Gasteiger partial charge in [0, 0.05) is 37.2 Å². The van der Waals surface area contributed by atoms with Gasteiger partial charge in [0.1, 0.15) is 11.5 Å². The van der Waals surface area contributed by atoms with Crippen LogP contribution in [0.25, 0.3) is 11.3 Å². The number of hydrogen-bond acceptors (Lipinski definition) is 5. The fourth-order valence-electron chi connectivity index (χ4n) is 3.60. The largest absolute Gasteiger partial charge is 0.350 e. The molecule has 1 aliphatic heterocycles. The van der Waals surface area contributed by atoms with Gasteiger partial charge in [0.2, 0.25) is 5.76 Å². The lowest BCUT2D eigenvalue weighted by atomic mass is 9.97. The van der Waals surface area contributed by atoms with Crippen molar-refractivity contribution in [1.82, 2.24) is 24.8 Å². The predicted octanol–water partition coefficient (Wildman–Crippen LogP) is 3.64. The summed E-state index contributed by atoms with van der Waals surface area (Å²) >= 11 is 5.29. The fourth-order valence-corrected chi connectivity index (χ4v) is 3.86. The number of hydrogen-bond donors (Lipinski definition) is 1. The molecule has 3 heterocycles. The zero-order valence-corrected chi connectivity index (χ0v) is 15.9. The summed E-state index contributed by atoms with van der Waals surface area (Å²) in [4.78, 5) is 14.7. The van der Waals surface area contributed by atoms with Crippen molar-refractivity contribution in [3.63, 3.8) is 0 Å². The number of likely N-dealkylation sites (tertiary alicyclic amines) is 1. The molecule has 1 saturated heterocycles. The molecule has 1 unspecified atom stereocenters. The Labute approximate surface area is 162 Å². The first-order valence-electron chi connectivity index (χ1n) is 9.14. The molecule has 0 radical (unpaired) electrons. The molecule has 0 saturated carbocycles. The van der Waals surface area contributed by atoms with E-state index in [2.05, 4.69) is 15.4 Å². The predicted molar refractivity (Wildman–Crippen MR) is 103 cm³/mol. The summed E-state index contributed by atoms with van der Waals surface area (Å²) in [5.74, 6) is 1.21. The van der Waals surface area contributed by atoms with E-state index >= 15 is 0 Å². The molecule has 1 aromatic carbocycles. The van der Waals surface area contributed by atoms with Gasteiger partial charge in [-0.25, -0.2) is 0 Å². The lowest BCUT2D eigenvalue weighted by Crippen LogP contribution is -2.39. The zero-order valence-electron chi connectivity index (χ0n) is 15.1. The second-order valence-corrected chi connectivity index (χ2v) is 7.05. The molecule has 1 amide bonds. The fraction of sp³-hybridized carbons (Fsp3) is 0.368. The van der Waals surface area contributed by atoms with Crippen molar-refractivity contribution in [1.29, 1.82) is 0 Å². The highest BCUT2D eigenvalue weighted by Gasteiger charge is 2.30. The number of nitrogens with zero attached hydrogens (tertiary/aromatic N) is 4. The van der Waals surface area contributed by atoms with Gasteiger partial charge in [-0.3, -0.25) is 9.89 Å². The van der Waals surface area contributed by atoms with E-state index in [9.17, 15) is 4.79 Å². The third kappa shape index (κ3) is 3.44. The average Bonchev–Trinajstić information content (AvgIpc) is 3.35.